The molecule has 53 heavy (non-hydrogen) atoms. The summed E-state index contributed by atoms with van der Waals surface area (Å²) in [5, 5.41) is 20.5. The van der Waals surface area contributed by atoms with Crippen LogP contribution in [0.3, 0.4) is 0 Å². The second-order valence-electron chi connectivity index (χ2n) is 13.7. The Labute approximate surface area is 315 Å². The van der Waals surface area contributed by atoms with Crippen LogP contribution >= 0.6 is 11.6 Å². The molecule has 272 valence electrons. The normalized spacial score (nSPS) is 15.9. The van der Waals surface area contributed by atoms with Gasteiger partial charge in [0.1, 0.15) is 17.5 Å². The van der Waals surface area contributed by atoms with Crippen molar-refractivity contribution < 1.29 is 19.4 Å². The number of hydrogen-bond acceptors (Lipinski definition) is 6. The molecular formula is C42H43ClN6O4. The molecule has 3 aromatic carbocycles. The van der Waals surface area contributed by atoms with E-state index in [1.807, 2.05) is 54.0 Å². The van der Waals surface area contributed by atoms with Crippen LogP contribution in [0.1, 0.15) is 61.9 Å². The van der Waals surface area contributed by atoms with Crippen LogP contribution < -0.4 is 4.90 Å². The molecule has 1 unspecified atom stereocenters. The van der Waals surface area contributed by atoms with Crippen molar-refractivity contribution in [2.45, 2.75) is 39.8 Å². The van der Waals surface area contributed by atoms with E-state index in [2.05, 4.69) is 29.2 Å². The number of halogens is 1. The van der Waals surface area contributed by atoms with Crippen LogP contribution in [0, 0.1) is 25.2 Å². The van der Waals surface area contributed by atoms with Gasteiger partial charge < -0.3 is 23.9 Å². The third-order valence-electron chi connectivity index (χ3n) is 10.8. The number of morpholine rings is 1. The van der Waals surface area contributed by atoms with E-state index in [0.29, 0.717) is 83.0 Å². The first-order valence-corrected chi connectivity index (χ1v) is 18.4. The van der Waals surface area contributed by atoms with Crippen molar-refractivity contribution in [3.8, 4) is 23.1 Å². The fourth-order valence-electron chi connectivity index (χ4n) is 7.81. The maximum absolute atomic E-state index is 14.8. The average Bonchev–Trinajstić information content (AvgIpc) is 3.66. The van der Waals surface area contributed by atoms with Crippen molar-refractivity contribution in [3.05, 3.63) is 123 Å². The molecule has 2 aliphatic rings. The Hall–Kier alpha value is -5.34. The molecule has 1 atom stereocenters. The summed E-state index contributed by atoms with van der Waals surface area (Å²) in [7, 11) is 1.88. The van der Waals surface area contributed by atoms with Gasteiger partial charge >= 0.3 is 0 Å². The number of rotatable bonds is 8. The number of carbonyl (C=O) groups excluding carboxylic acids is 2. The smallest absolute Gasteiger partial charge is 0.264 e. The maximum atomic E-state index is 14.8. The number of aromatic hydroxyl groups is 1. The van der Waals surface area contributed by atoms with E-state index < -0.39 is 0 Å². The summed E-state index contributed by atoms with van der Waals surface area (Å²) >= 11 is 6.65. The largest absolute Gasteiger partial charge is 0.508 e. The number of aromatic nitrogens is 2. The second kappa shape index (κ2) is 15.0. The molecule has 0 saturated carbocycles. The number of phenols is 1. The number of nitrogens with zero attached hydrogens (tertiary/aromatic N) is 6. The van der Waals surface area contributed by atoms with Gasteiger partial charge in [-0.05, 0) is 92.9 Å². The minimum absolute atomic E-state index is 0.0717. The van der Waals surface area contributed by atoms with Gasteiger partial charge in [-0.3, -0.25) is 19.4 Å². The van der Waals surface area contributed by atoms with E-state index >= 15 is 0 Å². The molecule has 2 amide bonds. The summed E-state index contributed by atoms with van der Waals surface area (Å²) in [6.07, 6.45) is 0.756. The van der Waals surface area contributed by atoms with Crippen molar-refractivity contribution in [2.75, 3.05) is 44.3 Å². The van der Waals surface area contributed by atoms with Crippen molar-refractivity contribution in [1.82, 2.24) is 18.9 Å². The molecule has 5 aromatic rings. The Morgan fingerprint density at radius 2 is 1.70 bits per heavy atom. The zero-order valence-corrected chi connectivity index (χ0v) is 31.2. The highest BCUT2D eigenvalue weighted by molar-refractivity contribution is 6.31. The van der Waals surface area contributed by atoms with Crippen molar-refractivity contribution in [3.63, 3.8) is 0 Å². The Kier molecular flexibility index (Phi) is 10.2. The highest BCUT2D eigenvalue weighted by atomic mass is 35.5. The molecule has 2 aromatic heterocycles. The fraction of sp³-hybridized carbons (Fsp3) is 0.310. The minimum Gasteiger partial charge on any atom is -0.508 e. The molecule has 4 heterocycles. The van der Waals surface area contributed by atoms with Gasteiger partial charge in [0.25, 0.3) is 11.8 Å². The third-order valence-corrected chi connectivity index (χ3v) is 11.0. The summed E-state index contributed by atoms with van der Waals surface area (Å²) in [4.78, 5) is 35.6. The minimum atomic E-state index is -0.316. The first-order valence-electron chi connectivity index (χ1n) is 18.0. The maximum Gasteiger partial charge on any atom is 0.264 e. The second-order valence-corrected chi connectivity index (χ2v) is 14.1. The fourth-order valence-corrected chi connectivity index (χ4v) is 7.98. The van der Waals surface area contributed by atoms with Gasteiger partial charge in [-0.2, -0.15) is 5.26 Å². The Bertz CT molecular complexity index is 2230. The van der Waals surface area contributed by atoms with Gasteiger partial charge in [0, 0.05) is 78.7 Å². The Morgan fingerprint density at radius 3 is 2.40 bits per heavy atom. The number of fused-ring (bicyclic) bond motifs is 1. The van der Waals surface area contributed by atoms with E-state index in [0.717, 1.165) is 30.8 Å². The van der Waals surface area contributed by atoms with E-state index in [1.165, 1.54) is 17.7 Å². The van der Waals surface area contributed by atoms with Crippen LogP contribution in [0.4, 0.5) is 11.4 Å². The zero-order chi connectivity index (χ0) is 37.4. The van der Waals surface area contributed by atoms with E-state index in [4.69, 9.17) is 16.3 Å². The van der Waals surface area contributed by atoms with Crippen LogP contribution in [-0.2, 0) is 24.8 Å². The first-order chi connectivity index (χ1) is 25.6. The lowest BCUT2D eigenvalue weighted by Crippen LogP contribution is -2.47. The topological polar surface area (TPSA) is 107 Å². The number of phenolic OH excluding ortho intramolecular Hbond substituents is 1. The summed E-state index contributed by atoms with van der Waals surface area (Å²) < 4.78 is 9.41. The van der Waals surface area contributed by atoms with E-state index in [9.17, 15) is 20.0 Å². The van der Waals surface area contributed by atoms with Gasteiger partial charge in [0.15, 0.2) is 0 Å². The number of amides is 2. The summed E-state index contributed by atoms with van der Waals surface area (Å²) in [5.41, 5.74) is 7.66. The van der Waals surface area contributed by atoms with E-state index in [-0.39, 0.29) is 23.6 Å². The molecule has 10 nitrogen and oxygen atoms in total. The monoisotopic (exact) mass is 730 g/mol. The molecule has 0 aliphatic carbocycles. The molecule has 0 bridgehead atoms. The SMILES string of the molecule is CCn1c(C#N)cc(N(C(=O)c2cc(-c3cc(Cl)ccc3C(=O)N3CCc4ccccc4C3CN3CCOCC3)n(C)c2C)c2ccc(O)cc2)c1C. The molecule has 1 fully saturated rings. The third kappa shape index (κ3) is 6.72. The molecule has 11 heteroatoms. The Balaban J connectivity index is 1.30. The number of ether oxygens (including phenoxy) is 1. The van der Waals surface area contributed by atoms with Crippen LogP contribution in [0.2, 0.25) is 5.02 Å². The number of nitriles is 1. The number of anilines is 2. The quantitative estimate of drug-likeness (QED) is 0.178. The van der Waals surface area contributed by atoms with Crippen molar-refractivity contribution in [1.29, 1.82) is 5.26 Å². The Morgan fingerprint density at radius 1 is 0.962 bits per heavy atom. The van der Waals surface area contributed by atoms with Gasteiger partial charge in [-0.1, -0.05) is 35.9 Å². The number of benzene rings is 3. The van der Waals surface area contributed by atoms with Gasteiger partial charge in [-0.25, -0.2) is 0 Å². The summed E-state index contributed by atoms with van der Waals surface area (Å²) in [5.74, 6) is -0.339. The molecule has 0 spiro atoms. The predicted molar refractivity (Wildman–Crippen MR) is 206 cm³/mol. The molecule has 2 aliphatic heterocycles. The summed E-state index contributed by atoms with van der Waals surface area (Å²) in [6, 6.07) is 25.8. The molecule has 7 rings (SSSR count). The first kappa shape index (κ1) is 36.0. The van der Waals surface area contributed by atoms with Gasteiger partial charge in [0.2, 0.25) is 0 Å². The standard InChI is InChI=1S/C42H43ClN6O4/c1-5-47-28(3)38(23-32(47)25-44)49(31-11-13-33(50)14-12-31)42(52)36-24-39(45(4)27(36)2)37-22-30(43)10-15-35(37)41(51)48-17-16-29-8-6-7-9-34(29)40(48)26-46-18-20-53-21-19-46/h6-15,22-24,40,50H,5,16-21,26H2,1-4H3. The van der Waals surface area contributed by atoms with Crippen LogP contribution in [0.5, 0.6) is 5.75 Å². The van der Waals surface area contributed by atoms with Gasteiger partial charge in [0.05, 0.1) is 30.5 Å². The zero-order valence-electron chi connectivity index (χ0n) is 30.5. The molecule has 0 radical (unpaired) electrons. The lowest BCUT2D eigenvalue weighted by Gasteiger charge is -2.41. The molecular weight excluding hydrogens is 688 g/mol. The van der Waals surface area contributed by atoms with Crippen LogP contribution in [0.25, 0.3) is 11.3 Å². The lowest BCUT2D eigenvalue weighted by atomic mass is 9.91. The lowest BCUT2D eigenvalue weighted by molar-refractivity contribution is 0.0201. The van der Waals surface area contributed by atoms with Crippen LogP contribution in [-0.4, -0.2) is 75.2 Å². The summed E-state index contributed by atoms with van der Waals surface area (Å²) in [6.45, 7) is 10.5. The predicted octanol–water partition coefficient (Wildman–Crippen LogP) is 7.41. The van der Waals surface area contributed by atoms with Crippen molar-refractivity contribution >= 4 is 34.8 Å². The number of carbonyl (C=O) groups is 2. The van der Waals surface area contributed by atoms with Crippen LogP contribution in [0.15, 0.2) is 78.9 Å². The molecule has 1 saturated heterocycles. The highest BCUT2D eigenvalue weighted by Crippen LogP contribution is 2.38. The average molecular weight is 731 g/mol. The van der Waals surface area contributed by atoms with Crippen molar-refractivity contribution in [2.24, 2.45) is 7.05 Å². The van der Waals surface area contributed by atoms with E-state index in [1.54, 1.807) is 41.3 Å². The van der Waals surface area contributed by atoms with Gasteiger partial charge in [-0.15, -0.1) is 0 Å². The highest BCUT2D eigenvalue weighted by Gasteiger charge is 2.35. The molecule has 1 N–H and O–H groups in total. The number of hydrogen-bond donors (Lipinski definition) is 1.